The van der Waals surface area contributed by atoms with Crippen LogP contribution >= 0.6 is 0 Å². The highest BCUT2D eigenvalue weighted by Gasteiger charge is 2.13. The average molecular weight is 359 g/mol. The first-order valence-corrected chi connectivity index (χ1v) is 9.39. The maximum Gasteiger partial charge on any atom is 0.191 e. The second-order valence-corrected chi connectivity index (χ2v) is 6.20. The third kappa shape index (κ3) is 5.31. The standard InChI is InChI=1S/C20H30FN5/c1-5-18-17(19(6-2)26(4)25-18)14-24-20(22-7-3)23-12-11-15-9-8-10-16(21)13-15/h8-10,13H,5-7,11-12,14H2,1-4H3,(H2,22,23,24). The molecule has 0 atom stereocenters. The number of guanidine groups is 1. The molecular formula is C20H30FN5. The minimum absolute atomic E-state index is 0.196. The second kappa shape index (κ2) is 9.94. The predicted molar refractivity (Wildman–Crippen MR) is 105 cm³/mol. The van der Waals surface area contributed by atoms with Crippen molar-refractivity contribution in [1.82, 2.24) is 20.4 Å². The Morgan fingerprint density at radius 3 is 2.65 bits per heavy atom. The van der Waals surface area contributed by atoms with Crippen LogP contribution in [0.5, 0.6) is 0 Å². The molecule has 2 rings (SSSR count). The van der Waals surface area contributed by atoms with Crippen LogP contribution in [-0.4, -0.2) is 28.8 Å². The molecule has 0 bridgehead atoms. The molecule has 0 fully saturated rings. The van der Waals surface area contributed by atoms with Gasteiger partial charge in [0.25, 0.3) is 0 Å². The Hall–Kier alpha value is -2.37. The van der Waals surface area contributed by atoms with Crippen molar-refractivity contribution < 1.29 is 4.39 Å². The molecule has 0 saturated heterocycles. The van der Waals surface area contributed by atoms with Crippen LogP contribution in [0.4, 0.5) is 4.39 Å². The lowest BCUT2D eigenvalue weighted by atomic mass is 10.1. The van der Waals surface area contributed by atoms with Crippen molar-refractivity contribution >= 4 is 5.96 Å². The van der Waals surface area contributed by atoms with Crippen LogP contribution in [0.1, 0.15) is 43.3 Å². The number of nitrogens with one attached hydrogen (secondary N) is 2. The molecule has 2 N–H and O–H groups in total. The highest BCUT2D eigenvalue weighted by atomic mass is 19.1. The molecule has 0 spiro atoms. The van der Waals surface area contributed by atoms with E-state index >= 15 is 0 Å². The summed E-state index contributed by atoms with van der Waals surface area (Å²) >= 11 is 0. The predicted octanol–water partition coefficient (Wildman–Crippen LogP) is 2.98. The fraction of sp³-hybridized carbons (Fsp3) is 0.500. The second-order valence-electron chi connectivity index (χ2n) is 6.20. The van der Waals surface area contributed by atoms with Crippen molar-refractivity contribution in [3.8, 4) is 0 Å². The lowest BCUT2D eigenvalue weighted by Gasteiger charge is -2.12. The number of aromatic nitrogens is 2. The van der Waals surface area contributed by atoms with Gasteiger partial charge in [-0.2, -0.15) is 5.10 Å². The third-order valence-electron chi connectivity index (χ3n) is 4.36. The van der Waals surface area contributed by atoms with E-state index in [1.807, 2.05) is 24.7 Å². The zero-order chi connectivity index (χ0) is 18.9. The minimum atomic E-state index is -0.196. The molecule has 0 radical (unpaired) electrons. The quantitative estimate of drug-likeness (QED) is 0.563. The minimum Gasteiger partial charge on any atom is -0.357 e. The van der Waals surface area contributed by atoms with Crippen molar-refractivity contribution in [3.05, 3.63) is 52.6 Å². The van der Waals surface area contributed by atoms with Crippen LogP contribution in [0.15, 0.2) is 29.3 Å². The number of halogens is 1. The van der Waals surface area contributed by atoms with E-state index in [1.54, 1.807) is 12.1 Å². The molecule has 6 heteroatoms. The van der Waals surface area contributed by atoms with Gasteiger partial charge < -0.3 is 10.6 Å². The van der Waals surface area contributed by atoms with E-state index in [9.17, 15) is 4.39 Å². The first kappa shape index (κ1) is 19.9. The summed E-state index contributed by atoms with van der Waals surface area (Å²) in [6.45, 7) is 8.41. The molecule has 2 aromatic rings. The average Bonchev–Trinajstić information content (AvgIpc) is 2.94. The lowest BCUT2D eigenvalue weighted by Crippen LogP contribution is -2.38. The van der Waals surface area contributed by atoms with Gasteiger partial charge in [0.15, 0.2) is 5.96 Å². The number of nitrogens with zero attached hydrogens (tertiary/aromatic N) is 3. The summed E-state index contributed by atoms with van der Waals surface area (Å²) in [6, 6.07) is 6.71. The number of benzene rings is 1. The van der Waals surface area contributed by atoms with Crippen molar-refractivity contribution in [2.45, 2.75) is 46.6 Å². The number of rotatable bonds is 8. The molecule has 0 aliphatic rings. The molecule has 1 aromatic heterocycles. The van der Waals surface area contributed by atoms with Crippen LogP contribution in [-0.2, 0) is 32.9 Å². The monoisotopic (exact) mass is 359 g/mol. The number of hydrogen-bond donors (Lipinski definition) is 2. The molecule has 0 aliphatic heterocycles. The molecule has 0 saturated carbocycles. The Labute approximate surface area is 155 Å². The molecule has 1 heterocycles. The van der Waals surface area contributed by atoms with Gasteiger partial charge in [-0.15, -0.1) is 0 Å². The third-order valence-corrected chi connectivity index (χ3v) is 4.36. The summed E-state index contributed by atoms with van der Waals surface area (Å²) in [5, 5.41) is 11.2. The largest absolute Gasteiger partial charge is 0.357 e. The zero-order valence-corrected chi connectivity index (χ0v) is 16.3. The summed E-state index contributed by atoms with van der Waals surface area (Å²) in [5.41, 5.74) is 4.55. The molecule has 5 nitrogen and oxygen atoms in total. The summed E-state index contributed by atoms with van der Waals surface area (Å²) in [5.74, 6) is 0.579. The van der Waals surface area contributed by atoms with Gasteiger partial charge in [-0.1, -0.05) is 26.0 Å². The first-order valence-electron chi connectivity index (χ1n) is 9.39. The van der Waals surface area contributed by atoms with E-state index < -0.39 is 0 Å². The van der Waals surface area contributed by atoms with Gasteiger partial charge in [0.2, 0.25) is 0 Å². The van der Waals surface area contributed by atoms with Gasteiger partial charge in [-0.3, -0.25) is 4.68 Å². The highest BCUT2D eigenvalue weighted by Crippen LogP contribution is 2.16. The molecule has 0 unspecified atom stereocenters. The zero-order valence-electron chi connectivity index (χ0n) is 16.3. The number of hydrogen-bond acceptors (Lipinski definition) is 2. The van der Waals surface area contributed by atoms with E-state index in [4.69, 9.17) is 4.99 Å². The van der Waals surface area contributed by atoms with E-state index in [1.165, 1.54) is 17.3 Å². The molecule has 0 amide bonds. The molecule has 142 valence electrons. The van der Waals surface area contributed by atoms with E-state index in [2.05, 4.69) is 29.6 Å². The van der Waals surface area contributed by atoms with E-state index in [0.717, 1.165) is 43.0 Å². The maximum absolute atomic E-state index is 13.3. The maximum atomic E-state index is 13.3. The van der Waals surface area contributed by atoms with Crippen molar-refractivity contribution in [2.75, 3.05) is 13.1 Å². The Kier molecular flexibility index (Phi) is 7.63. The van der Waals surface area contributed by atoms with Crippen LogP contribution in [0.25, 0.3) is 0 Å². The van der Waals surface area contributed by atoms with E-state index in [-0.39, 0.29) is 5.82 Å². The van der Waals surface area contributed by atoms with Gasteiger partial charge >= 0.3 is 0 Å². The summed E-state index contributed by atoms with van der Waals surface area (Å²) in [7, 11) is 1.99. The summed E-state index contributed by atoms with van der Waals surface area (Å²) in [6.07, 6.45) is 2.59. The van der Waals surface area contributed by atoms with Crippen molar-refractivity contribution in [1.29, 1.82) is 0 Å². The van der Waals surface area contributed by atoms with Gasteiger partial charge in [0.1, 0.15) is 5.82 Å². The highest BCUT2D eigenvalue weighted by molar-refractivity contribution is 5.79. The Morgan fingerprint density at radius 1 is 1.19 bits per heavy atom. The topological polar surface area (TPSA) is 54.2 Å². The number of aryl methyl sites for hydroxylation is 2. The number of aliphatic imine (C=N–C) groups is 1. The van der Waals surface area contributed by atoms with E-state index in [0.29, 0.717) is 13.1 Å². The van der Waals surface area contributed by atoms with Gasteiger partial charge in [-0.05, 0) is 43.9 Å². The van der Waals surface area contributed by atoms with Crippen LogP contribution in [0.2, 0.25) is 0 Å². The molecule has 0 aliphatic carbocycles. The SMILES string of the molecule is CCNC(=NCc1c(CC)nn(C)c1CC)NCCc1cccc(F)c1. The van der Waals surface area contributed by atoms with Gasteiger partial charge in [0.05, 0.1) is 12.2 Å². The van der Waals surface area contributed by atoms with Crippen LogP contribution in [0.3, 0.4) is 0 Å². The van der Waals surface area contributed by atoms with Crippen molar-refractivity contribution in [2.24, 2.45) is 12.0 Å². The smallest absolute Gasteiger partial charge is 0.191 e. The normalized spacial score (nSPS) is 11.7. The Balaban J connectivity index is 2.02. The summed E-state index contributed by atoms with van der Waals surface area (Å²) in [4.78, 5) is 4.73. The summed E-state index contributed by atoms with van der Waals surface area (Å²) < 4.78 is 15.2. The lowest BCUT2D eigenvalue weighted by molar-refractivity contribution is 0.625. The molecule has 26 heavy (non-hydrogen) atoms. The first-order chi connectivity index (χ1) is 12.6. The van der Waals surface area contributed by atoms with Crippen LogP contribution < -0.4 is 10.6 Å². The molecule has 1 aromatic carbocycles. The Morgan fingerprint density at radius 2 is 2.00 bits per heavy atom. The fourth-order valence-electron chi connectivity index (χ4n) is 3.09. The van der Waals surface area contributed by atoms with Gasteiger partial charge in [0, 0.05) is 31.4 Å². The fourth-order valence-corrected chi connectivity index (χ4v) is 3.09. The van der Waals surface area contributed by atoms with Crippen LogP contribution in [0, 0.1) is 5.82 Å². The van der Waals surface area contributed by atoms with Gasteiger partial charge in [-0.25, -0.2) is 9.38 Å². The Bertz CT molecular complexity index is 736. The molecular weight excluding hydrogens is 329 g/mol. The van der Waals surface area contributed by atoms with Crippen molar-refractivity contribution in [3.63, 3.8) is 0 Å².